The van der Waals surface area contributed by atoms with Gasteiger partial charge in [0, 0.05) is 24.4 Å². The fourth-order valence-corrected chi connectivity index (χ4v) is 2.52. The van der Waals surface area contributed by atoms with Crippen LogP contribution in [0.15, 0.2) is 60.1 Å². The topological polar surface area (TPSA) is 56.4 Å². The van der Waals surface area contributed by atoms with E-state index in [4.69, 9.17) is 5.73 Å². The molecule has 0 radical (unpaired) electrons. The third-order valence-corrected chi connectivity index (χ3v) is 3.64. The van der Waals surface area contributed by atoms with Gasteiger partial charge in [0.2, 0.25) is 0 Å². The Morgan fingerprint density at radius 3 is 2.73 bits per heavy atom. The van der Waals surface area contributed by atoms with Gasteiger partial charge in [-0.1, -0.05) is 29.4 Å². The van der Waals surface area contributed by atoms with E-state index in [1.807, 2.05) is 19.2 Å². The van der Waals surface area contributed by atoms with Gasteiger partial charge in [-0.2, -0.15) is 0 Å². The molecule has 0 spiro atoms. The van der Waals surface area contributed by atoms with Gasteiger partial charge in [0.05, 0.1) is 10.9 Å². The van der Waals surface area contributed by atoms with E-state index in [0.29, 0.717) is 5.84 Å². The van der Waals surface area contributed by atoms with Crippen LogP contribution in [0, 0.1) is 0 Å². The molecule has 0 aliphatic carbocycles. The molecule has 2 heterocycles. The summed E-state index contributed by atoms with van der Waals surface area (Å²) in [6.07, 6.45) is 6.29. The molecule has 0 saturated heterocycles. The number of hydrogen-bond donors (Lipinski definition) is 1. The zero-order valence-corrected chi connectivity index (χ0v) is 12.7. The average Bonchev–Trinajstić information content (AvgIpc) is 2.90. The Hall–Kier alpha value is -2.82. The number of rotatable bonds is 4. The normalized spacial score (nSPS) is 11.8. The highest BCUT2D eigenvalue weighted by Crippen LogP contribution is 2.15. The smallest absolute Gasteiger partial charge is 0.177 e. The highest BCUT2D eigenvalue weighted by molar-refractivity contribution is 5.97. The number of fused-ring (bicyclic) bond motifs is 1. The molecule has 0 bridgehead atoms. The van der Waals surface area contributed by atoms with Crippen molar-refractivity contribution in [2.75, 3.05) is 7.11 Å². The Bertz CT molecular complexity index is 818. The van der Waals surface area contributed by atoms with Crippen molar-refractivity contribution < 1.29 is 9.40 Å². The van der Waals surface area contributed by atoms with Gasteiger partial charge in [-0.25, -0.2) is 4.57 Å². The van der Waals surface area contributed by atoms with E-state index < -0.39 is 0 Å². The number of amidine groups is 1. The lowest BCUT2D eigenvalue weighted by molar-refractivity contribution is -0.670. The molecule has 0 saturated carbocycles. The van der Waals surface area contributed by atoms with Crippen LogP contribution in [0.5, 0.6) is 0 Å². The number of aromatic nitrogens is 2. The molecule has 0 aliphatic heterocycles. The summed E-state index contributed by atoms with van der Waals surface area (Å²) in [6.45, 7) is 0.818. The number of benzene rings is 1. The fraction of sp³-hybridized carbons (Fsp3) is 0.176. The molecular weight excluding hydrogens is 276 g/mol. The lowest BCUT2D eigenvalue weighted by atomic mass is 10.1. The lowest BCUT2D eigenvalue weighted by Gasteiger charge is -2.06. The monoisotopic (exact) mass is 295 g/mol. The van der Waals surface area contributed by atoms with Crippen LogP contribution in [-0.2, 0) is 18.4 Å². The van der Waals surface area contributed by atoms with Gasteiger partial charge < -0.3 is 15.1 Å². The van der Waals surface area contributed by atoms with Crippen LogP contribution >= 0.6 is 0 Å². The molecule has 0 fully saturated rings. The second-order valence-corrected chi connectivity index (χ2v) is 5.25. The lowest BCUT2D eigenvalue weighted by Crippen LogP contribution is -2.25. The fourth-order valence-electron chi connectivity index (χ4n) is 2.52. The summed E-state index contributed by atoms with van der Waals surface area (Å²) >= 11 is 0. The van der Waals surface area contributed by atoms with E-state index in [2.05, 4.69) is 62.0 Å². The first kappa shape index (κ1) is 14.1. The molecular formula is C17H19N4O+. The number of pyridine rings is 1. The Morgan fingerprint density at radius 2 is 2.00 bits per heavy atom. The van der Waals surface area contributed by atoms with Gasteiger partial charge in [-0.15, -0.1) is 0 Å². The standard InChI is InChI=1S/C17H19N4O/c1-20-9-8-16-15(12-20)7-10-21(16)11-13-3-5-14(6-4-13)17(18)19-22-2/h3-10,12H,11H2,1-2H3,(H2,18,19)/q+1. The zero-order valence-electron chi connectivity index (χ0n) is 12.7. The van der Waals surface area contributed by atoms with Crippen molar-refractivity contribution in [1.29, 1.82) is 0 Å². The van der Waals surface area contributed by atoms with E-state index in [1.54, 1.807) is 0 Å². The maximum absolute atomic E-state index is 5.80. The van der Waals surface area contributed by atoms with E-state index in [-0.39, 0.29) is 0 Å². The molecule has 3 rings (SSSR count). The molecule has 5 heteroatoms. The van der Waals surface area contributed by atoms with Gasteiger partial charge >= 0.3 is 0 Å². The van der Waals surface area contributed by atoms with Gasteiger partial charge in [0.1, 0.15) is 14.2 Å². The number of hydrogen-bond acceptors (Lipinski definition) is 2. The number of oxime groups is 1. The van der Waals surface area contributed by atoms with Crippen molar-refractivity contribution in [3.05, 3.63) is 66.1 Å². The maximum atomic E-state index is 5.80. The summed E-state index contributed by atoms with van der Waals surface area (Å²) in [5, 5.41) is 4.97. The van der Waals surface area contributed by atoms with Crippen LogP contribution in [0.25, 0.3) is 10.9 Å². The first-order valence-electron chi connectivity index (χ1n) is 7.07. The van der Waals surface area contributed by atoms with Crippen molar-refractivity contribution >= 4 is 16.7 Å². The summed E-state index contributed by atoms with van der Waals surface area (Å²) in [5.74, 6) is 0.382. The van der Waals surface area contributed by atoms with Crippen molar-refractivity contribution in [1.82, 2.24) is 4.57 Å². The van der Waals surface area contributed by atoms with E-state index in [0.717, 1.165) is 12.1 Å². The minimum absolute atomic E-state index is 0.382. The Morgan fingerprint density at radius 1 is 1.23 bits per heavy atom. The minimum Gasteiger partial charge on any atom is -0.397 e. The second kappa shape index (κ2) is 5.89. The predicted octanol–water partition coefficient (Wildman–Crippen LogP) is 1.78. The molecule has 1 aromatic carbocycles. The number of nitrogens with two attached hydrogens (primary N) is 1. The number of nitrogens with zero attached hydrogens (tertiary/aromatic N) is 3. The van der Waals surface area contributed by atoms with Gasteiger partial charge in [0.25, 0.3) is 0 Å². The molecule has 0 aliphatic rings. The highest BCUT2D eigenvalue weighted by Gasteiger charge is 2.06. The largest absolute Gasteiger partial charge is 0.397 e. The van der Waals surface area contributed by atoms with Crippen LogP contribution in [0.2, 0.25) is 0 Å². The molecule has 2 N–H and O–H groups in total. The zero-order chi connectivity index (χ0) is 15.5. The van der Waals surface area contributed by atoms with E-state index >= 15 is 0 Å². The third kappa shape index (κ3) is 2.79. The molecule has 3 aromatic rings. The molecule has 2 aromatic heterocycles. The van der Waals surface area contributed by atoms with E-state index in [9.17, 15) is 0 Å². The summed E-state index contributed by atoms with van der Waals surface area (Å²) in [5.41, 5.74) is 9.09. The van der Waals surface area contributed by atoms with Crippen molar-refractivity contribution in [3.63, 3.8) is 0 Å². The average molecular weight is 295 g/mol. The first-order valence-corrected chi connectivity index (χ1v) is 7.07. The van der Waals surface area contributed by atoms with E-state index in [1.165, 1.54) is 23.6 Å². The molecule has 0 unspecified atom stereocenters. The Balaban J connectivity index is 1.84. The molecule has 0 atom stereocenters. The maximum Gasteiger partial charge on any atom is 0.177 e. The minimum atomic E-state index is 0.382. The van der Waals surface area contributed by atoms with Gasteiger partial charge in [-0.3, -0.25) is 0 Å². The summed E-state index contributed by atoms with van der Waals surface area (Å²) < 4.78 is 4.29. The van der Waals surface area contributed by atoms with Crippen molar-refractivity contribution in [2.45, 2.75) is 6.54 Å². The Labute approximate surface area is 129 Å². The molecule has 5 nitrogen and oxygen atoms in total. The predicted molar refractivity (Wildman–Crippen MR) is 86.4 cm³/mol. The first-order chi connectivity index (χ1) is 10.7. The number of aryl methyl sites for hydroxylation is 1. The summed E-state index contributed by atoms with van der Waals surface area (Å²) in [7, 11) is 3.51. The second-order valence-electron chi connectivity index (χ2n) is 5.25. The van der Waals surface area contributed by atoms with Crippen molar-refractivity contribution in [2.24, 2.45) is 17.9 Å². The van der Waals surface area contributed by atoms with Gasteiger partial charge in [0.15, 0.2) is 18.2 Å². The quantitative estimate of drug-likeness (QED) is 0.345. The van der Waals surface area contributed by atoms with Crippen molar-refractivity contribution in [3.8, 4) is 0 Å². The van der Waals surface area contributed by atoms with Crippen LogP contribution < -0.4 is 10.3 Å². The highest BCUT2D eigenvalue weighted by atomic mass is 16.6. The Kier molecular flexibility index (Phi) is 3.78. The van der Waals surface area contributed by atoms with Crippen LogP contribution in [-0.4, -0.2) is 17.5 Å². The van der Waals surface area contributed by atoms with Crippen LogP contribution in [0.3, 0.4) is 0 Å². The van der Waals surface area contributed by atoms with Crippen LogP contribution in [0.4, 0.5) is 0 Å². The summed E-state index contributed by atoms with van der Waals surface area (Å²) in [4.78, 5) is 4.69. The third-order valence-electron chi connectivity index (χ3n) is 3.64. The summed E-state index contributed by atoms with van der Waals surface area (Å²) in [6, 6.07) is 12.3. The SMILES string of the molecule is CO/N=C(/N)c1ccc(Cn2ccc3c[n+](C)ccc32)cc1. The van der Waals surface area contributed by atoms with Gasteiger partial charge in [-0.05, 0) is 11.6 Å². The molecule has 0 amide bonds. The van der Waals surface area contributed by atoms with Crippen LogP contribution in [0.1, 0.15) is 11.1 Å². The molecule has 112 valence electrons. The molecule has 22 heavy (non-hydrogen) atoms.